The zero-order valence-corrected chi connectivity index (χ0v) is 14.7. The lowest BCUT2D eigenvalue weighted by Gasteiger charge is -2.31. The first-order valence-electron chi connectivity index (χ1n) is 7.13. The highest BCUT2D eigenvalue weighted by Gasteiger charge is 2.24. The van der Waals surface area contributed by atoms with Crippen molar-refractivity contribution >= 4 is 44.5 Å². The number of carboxylic acid groups (broad SMARTS) is 1. The normalized spacial score (nSPS) is 17.9. The van der Waals surface area contributed by atoms with E-state index in [1.54, 1.807) is 6.07 Å². The van der Waals surface area contributed by atoms with Gasteiger partial charge in [0.25, 0.3) is 0 Å². The third kappa shape index (κ3) is 3.33. The molecular formula is C14H14BrClN4O4. The molecule has 0 spiro atoms. The summed E-state index contributed by atoms with van der Waals surface area (Å²) in [5.41, 5.74) is 0.484. The molecule has 1 aliphatic heterocycles. The monoisotopic (exact) mass is 416 g/mol. The van der Waals surface area contributed by atoms with Crippen LogP contribution in [-0.2, 0) is 0 Å². The third-order valence-corrected chi connectivity index (χ3v) is 4.94. The van der Waals surface area contributed by atoms with Gasteiger partial charge in [0.15, 0.2) is 5.75 Å². The second kappa shape index (κ2) is 6.96. The van der Waals surface area contributed by atoms with Crippen LogP contribution in [-0.4, -0.2) is 63.5 Å². The molecule has 3 N–H and O–H groups in total. The second-order valence-corrected chi connectivity index (χ2v) is 6.52. The van der Waals surface area contributed by atoms with E-state index in [0.29, 0.717) is 40.0 Å². The molecule has 1 saturated heterocycles. The minimum atomic E-state index is -0.960. The topological polar surface area (TPSA) is 108 Å². The Bertz CT molecular complexity index is 791. The summed E-state index contributed by atoms with van der Waals surface area (Å²) in [6.45, 7) is 1.47. The Morgan fingerprint density at radius 2 is 2.33 bits per heavy atom. The van der Waals surface area contributed by atoms with Crippen LogP contribution in [0.3, 0.4) is 0 Å². The van der Waals surface area contributed by atoms with Crippen LogP contribution in [0.15, 0.2) is 16.9 Å². The summed E-state index contributed by atoms with van der Waals surface area (Å²) in [4.78, 5) is 20.2. The maximum Gasteiger partial charge on any atom is 0.407 e. The first-order valence-corrected chi connectivity index (χ1v) is 8.30. The smallest absolute Gasteiger partial charge is 0.407 e. The van der Waals surface area contributed by atoms with Crippen LogP contribution < -0.4 is 10.1 Å². The molecule has 1 amide bonds. The fourth-order valence-corrected chi connectivity index (χ4v) is 3.15. The number of nitrogens with zero attached hydrogens (tertiary/aromatic N) is 3. The van der Waals surface area contributed by atoms with Crippen molar-refractivity contribution in [2.24, 2.45) is 0 Å². The summed E-state index contributed by atoms with van der Waals surface area (Å²) in [6.07, 6.45) is 0.286. The lowest BCUT2D eigenvalue weighted by Crippen LogP contribution is -2.54. The van der Waals surface area contributed by atoms with Gasteiger partial charge in [-0.3, -0.25) is 0 Å². The molecule has 0 bridgehead atoms. The van der Waals surface area contributed by atoms with Crippen LogP contribution in [0.5, 0.6) is 11.6 Å². The molecule has 1 aromatic carbocycles. The quantitative estimate of drug-likeness (QED) is 0.702. The number of fused-ring (bicyclic) bond motifs is 1. The van der Waals surface area contributed by atoms with Gasteiger partial charge in [-0.1, -0.05) is 11.6 Å². The van der Waals surface area contributed by atoms with Crippen molar-refractivity contribution in [2.75, 3.05) is 26.2 Å². The highest BCUT2D eigenvalue weighted by atomic mass is 79.9. The highest BCUT2D eigenvalue weighted by Crippen LogP contribution is 2.41. The van der Waals surface area contributed by atoms with Crippen molar-refractivity contribution in [1.82, 2.24) is 20.2 Å². The molecule has 128 valence electrons. The van der Waals surface area contributed by atoms with Crippen LogP contribution in [0.25, 0.3) is 10.9 Å². The summed E-state index contributed by atoms with van der Waals surface area (Å²) in [6, 6.07) is 1.48. The summed E-state index contributed by atoms with van der Waals surface area (Å²) >= 11 is 9.61. The van der Waals surface area contributed by atoms with Gasteiger partial charge in [0.05, 0.1) is 16.6 Å². The van der Waals surface area contributed by atoms with Crippen molar-refractivity contribution in [2.45, 2.75) is 6.04 Å². The molecule has 1 atom stereocenters. The number of amides is 1. The molecule has 0 radical (unpaired) electrons. The Labute approximate surface area is 150 Å². The lowest BCUT2D eigenvalue weighted by molar-refractivity contribution is 0.118. The molecule has 2 aromatic rings. The van der Waals surface area contributed by atoms with Crippen molar-refractivity contribution in [3.63, 3.8) is 0 Å². The van der Waals surface area contributed by atoms with Gasteiger partial charge in [-0.15, -0.1) is 0 Å². The predicted molar refractivity (Wildman–Crippen MR) is 90.8 cm³/mol. The number of aromatic hydroxyl groups is 1. The standard InChI is InChI=1S/C14H14BrClN4O4/c15-8-3-9-10(13(21)19-6-18-9)12(11(8)16)24-5-7-4-20(14(22)23)2-1-17-7/h3,6-7,17H,1-2,4-5H2,(H,22,23)(H,18,19,21). The van der Waals surface area contributed by atoms with Gasteiger partial charge in [0, 0.05) is 24.1 Å². The molecule has 0 saturated carbocycles. The molecule has 8 nitrogen and oxygen atoms in total. The van der Waals surface area contributed by atoms with E-state index in [0.717, 1.165) is 0 Å². The van der Waals surface area contributed by atoms with E-state index in [1.807, 2.05) is 0 Å². The maximum atomic E-state index is 11.1. The summed E-state index contributed by atoms with van der Waals surface area (Å²) in [7, 11) is 0. The Kier molecular flexibility index (Phi) is 4.93. The van der Waals surface area contributed by atoms with Gasteiger partial charge >= 0.3 is 6.09 Å². The number of aromatic nitrogens is 2. The second-order valence-electron chi connectivity index (χ2n) is 5.28. The number of ether oxygens (including phenoxy) is 1. The number of piperazine rings is 1. The molecular weight excluding hydrogens is 404 g/mol. The summed E-state index contributed by atoms with van der Waals surface area (Å²) < 4.78 is 6.37. The minimum Gasteiger partial charge on any atom is -0.493 e. The van der Waals surface area contributed by atoms with Gasteiger partial charge in [-0.2, -0.15) is 0 Å². The van der Waals surface area contributed by atoms with E-state index in [-0.39, 0.29) is 24.3 Å². The summed E-state index contributed by atoms with van der Waals surface area (Å²) in [5, 5.41) is 22.9. The summed E-state index contributed by atoms with van der Waals surface area (Å²) in [5.74, 6) is 0.0292. The Hall–Kier alpha value is -1.84. The van der Waals surface area contributed by atoms with E-state index in [9.17, 15) is 9.90 Å². The van der Waals surface area contributed by atoms with Crippen molar-refractivity contribution in [3.8, 4) is 11.6 Å². The molecule has 0 aliphatic carbocycles. The van der Waals surface area contributed by atoms with Crippen LogP contribution in [0.4, 0.5) is 4.79 Å². The largest absolute Gasteiger partial charge is 0.493 e. The zero-order chi connectivity index (χ0) is 17.3. The first kappa shape index (κ1) is 17.0. The van der Waals surface area contributed by atoms with Crippen molar-refractivity contribution < 1.29 is 19.7 Å². The molecule has 1 unspecified atom stereocenters. The molecule has 10 heteroatoms. The van der Waals surface area contributed by atoms with E-state index >= 15 is 0 Å². The molecule has 3 rings (SSSR count). The first-order chi connectivity index (χ1) is 11.5. The van der Waals surface area contributed by atoms with Gasteiger partial charge in [0.2, 0.25) is 5.88 Å². The fourth-order valence-electron chi connectivity index (χ4n) is 2.55. The molecule has 2 heterocycles. The Morgan fingerprint density at radius 1 is 1.54 bits per heavy atom. The number of carbonyl (C=O) groups is 1. The predicted octanol–water partition coefficient (Wildman–Crippen LogP) is 2.08. The van der Waals surface area contributed by atoms with E-state index in [2.05, 4.69) is 31.2 Å². The van der Waals surface area contributed by atoms with Crippen LogP contribution in [0.1, 0.15) is 0 Å². The number of benzene rings is 1. The highest BCUT2D eigenvalue weighted by molar-refractivity contribution is 9.10. The molecule has 1 aromatic heterocycles. The minimum absolute atomic E-state index is 0.184. The van der Waals surface area contributed by atoms with Gasteiger partial charge < -0.3 is 25.2 Å². The average Bonchev–Trinajstić information content (AvgIpc) is 2.56. The van der Waals surface area contributed by atoms with Crippen LogP contribution in [0, 0.1) is 0 Å². The zero-order valence-electron chi connectivity index (χ0n) is 12.4. The molecule has 1 aliphatic rings. The molecule has 24 heavy (non-hydrogen) atoms. The number of rotatable bonds is 3. The number of nitrogens with one attached hydrogen (secondary N) is 1. The van der Waals surface area contributed by atoms with E-state index in [1.165, 1.54) is 11.2 Å². The number of halogens is 2. The van der Waals surface area contributed by atoms with Crippen molar-refractivity contribution in [3.05, 3.63) is 21.9 Å². The average molecular weight is 418 g/mol. The van der Waals surface area contributed by atoms with E-state index < -0.39 is 6.09 Å². The van der Waals surface area contributed by atoms with E-state index in [4.69, 9.17) is 21.4 Å². The maximum absolute atomic E-state index is 11.1. The fraction of sp³-hybridized carbons (Fsp3) is 0.357. The van der Waals surface area contributed by atoms with Crippen molar-refractivity contribution in [1.29, 1.82) is 0 Å². The van der Waals surface area contributed by atoms with Gasteiger partial charge in [0.1, 0.15) is 18.3 Å². The number of hydrogen-bond donors (Lipinski definition) is 3. The molecule has 1 fully saturated rings. The van der Waals surface area contributed by atoms with Crippen LogP contribution >= 0.6 is 27.5 Å². The van der Waals surface area contributed by atoms with Crippen LogP contribution in [0.2, 0.25) is 5.02 Å². The van der Waals surface area contributed by atoms with Gasteiger partial charge in [-0.05, 0) is 22.0 Å². The van der Waals surface area contributed by atoms with Gasteiger partial charge in [-0.25, -0.2) is 14.8 Å². The third-order valence-electron chi connectivity index (χ3n) is 3.71. The Balaban J connectivity index is 1.85. The Morgan fingerprint density at radius 3 is 3.08 bits per heavy atom. The SMILES string of the molecule is O=C(O)N1CCNC(COc2c(Cl)c(Br)cc3ncnc(O)c23)C1. The number of hydrogen-bond acceptors (Lipinski definition) is 6. The lowest BCUT2D eigenvalue weighted by atomic mass is 10.2.